The van der Waals surface area contributed by atoms with Crippen molar-refractivity contribution in [3.05, 3.63) is 40.5 Å². The Morgan fingerprint density at radius 2 is 2.24 bits per heavy atom. The quantitative estimate of drug-likeness (QED) is 0.691. The lowest BCUT2D eigenvalue weighted by molar-refractivity contribution is -0.138. The van der Waals surface area contributed by atoms with E-state index in [0.29, 0.717) is 34.5 Å². The van der Waals surface area contributed by atoms with Gasteiger partial charge >= 0.3 is 6.09 Å². The molecule has 1 aliphatic rings. The zero-order valence-electron chi connectivity index (χ0n) is 16.6. The third-order valence-corrected chi connectivity index (χ3v) is 6.04. The maximum absolute atomic E-state index is 13.9. The molecule has 0 spiro atoms. The molecule has 2 heterocycles. The maximum atomic E-state index is 13.9. The molecule has 3 rings (SSSR count). The number of H-pyrrole nitrogens is 1. The van der Waals surface area contributed by atoms with Crippen LogP contribution in [0.25, 0.3) is 11.3 Å². The van der Waals surface area contributed by atoms with Crippen molar-refractivity contribution >= 4 is 27.9 Å². The summed E-state index contributed by atoms with van der Waals surface area (Å²) in [6.07, 6.45) is 3.01. The molecule has 0 saturated carbocycles. The molecule has 7 nitrogen and oxygen atoms in total. The number of aromatic nitrogens is 2. The Labute approximate surface area is 177 Å². The van der Waals surface area contributed by atoms with Crippen LogP contribution in [0.1, 0.15) is 45.0 Å². The topological polar surface area (TPSA) is 87.3 Å². The number of likely N-dealkylation sites (tertiary alicyclic amines) is 1. The number of nitrogens with one attached hydrogen (secondary N) is 2. The summed E-state index contributed by atoms with van der Waals surface area (Å²) in [6, 6.07) is 4.62. The molecule has 2 atom stereocenters. The van der Waals surface area contributed by atoms with Crippen molar-refractivity contribution in [2.75, 3.05) is 13.7 Å². The minimum absolute atomic E-state index is 0.180. The molecule has 29 heavy (non-hydrogen) atoms. The van der Waals surface area contributed by atoms with Crippen LogP contribution in [0.4, 0.5) is 9.18 Å². The second-order valence-electron chi connectivity index (χ2n) is 7.27. The van der Waals surface area contributed by atoms with Crippen molar-refractivity contribution in [2.45, 2.75) is 44.7 Å². The van der Waals surface area contributed by atoms with Gasteiger partial charge in [-0.3, -0.25) is 4.79 Å². The monoisotopic (exact) mass is 466 g/mol. The zero-order valence-corrected chi connectivity index (χ0v) is 18.2. The number of methoxy groups -OCH3 is 1. The molecule has 156 valence electrons. The first-order valence-corrected chi connectivity index (χ1v) is 10.3. The Hall–Kier alpha value is -2.42. The molecule has 2 amide bonds. The number of imidazole rings is 1. The number of nitrogens with zero attached hydrogens (tertiary/aromatic N) is 2. The van der Waals surface area contributed by atoms with Gasteiger partial charge in [0.15, 0.2) is 0 Å². The van der Waals surface area contributed by atoms with Crippen molar-refractivity contribution in [2.24, 2.45) is 0 Å². The first kappa shape index (κ1) is 21.3. The number of hydrogen-bond donors (Lipinski definition) is 2. The fraction of sp³-hybridized carbons (Fsp3) is 0.450. The van der Waals surface area contributed by atoms with Gasteiger partial charge in [-0.15, -0.1) is 0 Å². The number of hydrogen-bond acceptors (Lipinski definition) is 4. The smallest absolute Gasteiger partial charge is 0.407 e. The second kappa shape index (κ2) is 8.52. The molecular formula is C20H24BrFN4O3. The number of aromatic amines is 1. The fourth-order valence-corrected chi connectivity index (χ4v) is 3.74. The van der Waals surface area contributed by atoms with Crippen LogP contribution in [0.3, 0.4) is 0 Å². The summed E-state index contributed by atoms with van der Waals surface area (Å²) in [6.45, 7) is 4.11. The Bertz CT molecular complexity index is 919. The van der Waals surface area contributed by atoms with Gasteiger partial charge in [0.05, 0.1) is 29.5 Å². The number of amides is 2. The van der Waals surface area contributed by atoms with E-state index in [1.54, 1.807) is 30.2 Å². The molecule has 0 radical (unpaired) electrons. The summed E-state index contributed by atoms with van der Waals surface area (Å²) >= 11 is 3.15. The van der Waals surface area contributed by atoms with Crippen molar-refractivity contribution in [3.8, 4) is 11.3 Å². The summed E-state index contributed by atoms with van der Waals surface area (Å²) < 4.78 is 18.9. The lowest BCUT2D eigenvalue weighted by Gasteiger charge is -2.34. The predicted molar refractivity (Wildman–Crippen MR) is 110 cm³/mol. The molecule has 1 aromatic carbocycles. The van der Waals surface area contributed by atoms with Gasteiger partial charge in [0.1, 0.15) is 17.2 Å². The van der Waals surface area contributed by atoms with Crippen molar-refractivity contribution in [1.82, 2.24) is 20.2 Å². The number of carbonyl (C=O) groups excluding carboxylic acids is 2. The molecule has 2 N–H and O–H groups in total. The number of carbonyl (C=O) groups is 2. The highest BCUT2D eigenvalue weighted by atomic mass is 79.9. The average Bonchev–Trinajstić information content (AvgIpc) is 3.38. The standard InChI is InChI=1S/C20H24BrFN4O3/c1-4-20(2,25-19(28)29-3)18(27)26-9-5-6-16(26)17-23-11-15(24-17)12-7-8-13(21)14(22)10-12/h7-8,10-11,16H,4-6,9H2,1-3H3,(H,23,24)(H,25,28)/t16-,20-/m0/s1. The van der Waals surface area contributed by atoms with E-state index in [0.717, 1.165) is 12.8 Å². The molecule has 1 aliphatic heterocycles. The molecule has 1 aromatic heterocycles. The van der Waals surface area contributed by atoms with E-state index in [4.69, 9.17) is 0 Å². The highest BCUT2D eigenvalue weighted by molar-refractivity contribution is 9.10. The van der Waals surface area contributed by atoms with Crippen LogP contribution in [0.5, 0.6) is 0 Å². The number of ether oxygens (including phenoxy) is 1. The van der Waals surface area contributed by atoms with Gasteiger partial charge in [-0.25, -0.2) is 14.2 Å². The van der Waals surface area contributed by atoms with Gasteiger partial charge in [0.2, 0.25) is 5.91 Å². The molecule has 0 unspecified atom stereocenters. The number of alkyl carbamates (subject to hydrolysis) is 1. The van der Waals surface area contributed by atoms with Crippen molar-refractivity contribution in [1.29, 1.82) is 0 Å². The minimum Gasteiger partial charge on any atom is -0.453 e. The van der Waals surface area contributed by atoms with Crippen molar-refractivity contribution < 1.29 is 18.7 Å². The highest BCUT2D eigenvalue weighted by Crippen LogP contribution is 2.34. The third kappa shape index (κ3) is 4.29. The fourth-order valence-electron chi connectivity index (χ4n) is 3.50. The lowest BCUT2D eigenvalue weighted by atomic mass is 9.96. The molecule has 2 aromatic rings. The van der Waals surface area contributed by atoms with Crippen LogP contribution < -0.4 is 5.32 Å². The van der Waals surface area contributed by atoms with E-state index in [1.165, 1.54) is 13.2 Å². The molecule has 0 aliphatic carbocycles. The Balaban J connectivity index is 1.83. The summed E-state index contributed by atoms with van der Waals surface area (Å²) in [5.74, 6) is 0.107. The normalized spacial score (nSPS) is 18.4. The molecular weight excluding hydrogens is 443 g/mol. The van der Waals surface area contributed by atoms with E-state index in [2.05, 4.69) is 36.0 Å². The van der Waals surface area contributed by atoms with Crippen LogP contribution >= 0.6 is 15.9 Å². The number of halogens is 2. The maximum Gasteiger partial charge on any atom is 0.407 e. The van der Waals surface area contributed by atoms with Crippen LogP contribution in [0.2, 0.25) is 0 Å². The minimum atomic E-state index is -1.07. The van der Waals surface area contributed by atoms with Gasteiger partial charge < -0.3 is 19.9 Å². The van der Waals surface area contributed by atoms with Crippen molar-refractivity contribution in [3.63, 3.8) is 0 Å². The first-order valence-electron chi connectivity index (χ1n) is 9.46. The summed E-state index contributed by atoms with van der Waals surface area (Å²) in [5.41, 5.74) is 0.280. The number of rotatable bonds is 5. The highest BCUT2D eigenvalue weighted by Gasteiger charge is 2.42. The predicted octanol–water partition coefficient (Wildman–Crippen LogP) is 4.17. The second-order valence-corrected chi connectivity index (χ2v) is 8.12. The van der Waals surface area contributed by atoms with Crippen LogP contribution in [-0.4, -0.2) is 46.1 Å². The Kier molecular flexibility index (Phi) is 6.26. The summed E-state index contributed by atoms with van der Waals surface area (Å²) in [5, 5.41) is 2.65. The molecule has 9 heteroatoms. The SMILES string of the molecule is CC[C@](C)(NC(=O)OC)C(=O)N1CCC[C@H]1c1ncc(-c2ccc(Br)c(F)c2)[nH]1. The van der Waals surface area contributed by atoms with Crippen LogP contribution in [-0.2, 0) is 9.53 Å². The third-order valence-electron chi connectivity index (χ3n) is 5.40. The van der Waals surface area contributed by atoms with Crippen LogP contribution in [0, 0.1) is 5.82 Å². The average molecular weight is 467 g/mol. The van der Waals surface area contributed by atoms with E-state index in [-0.39, 0.29) is 17.8 Å². The summed E-state index contributed by atoms with van der Waals surface area (Å²) in [7, 11) is 1.27. The van der Waals surface area contributed by atoms with E-state index in [9.17, 15) is 14.0 Å². The lowest BCUT2D eigenvalue weighted by Crippen LogP contribution is -2.57. The Morgan fingerprint density at radius 3 is 2.90 bits per heavy atom. The number of benzene rings is 1. The van der Waals surface area contributed by atoms with E-state index >= 15 is 0 Å². The Morgan fingerprint density at radius 1 is 1.48 bits per heavy atom. The summed E-state index contributed by atoms with van der Waals surface area (Å²) in [4.78, 5) is 34.4. The van der Waals surface area contributed by atoms with Gasteiger partial charge in [0.25, 0.3) is 0 Å². The first-order chi connectivity index (χ1) is 13.8. The molecule has 1 fully saturated rings. The molecule has 1 saturated heterocycles. The van der Waals surface area contributed by atoms with E-state index in [1.807, 2.05) is 6.92 Å². The van der Waals surface area contributed by atoms with E-state index < -0.39 is 11.6 Å². The zero-order chi connectivity index (χ0) is 21.2. The van der Waals surface area contributed by atoms with Crippen LogP contribution in [0.15, 0.2) is 28.9 Å². The van der Waals surface area contributed by atoms with Gasteiger partial charge in [-0.1, -0.05) is 13.0 Å². The molecule has 0 bridgehead atoms. The van der Waals surface area contributed by atoms with Gasteiger partial charge in [-0.2, -0.15) is 0 Å². The van der Waals surface area contributed by atoms with Gasteiger partial charge in [0, 0.05) is 12.1 Å². The largest absolute Gasteiger partial charge is 0.453 e. The van der Waals surface area contributed by atoms with Gasteiger partial charge in [-0.05, 0) is 54.2 Å².